The molecule has 3 rings (SSSR count). The zero-order chi connectivity index (χ0) is 20.1. The monoisotopic (exact) mass is 384 g/mol. The van der Waals surface area contributed by atoms with Crippen LogP contribution in [0.15, 0.2) is 48.8 Å². The van der Waals surface area contributed by atoms with Crippen molar-refractivity contribution < 1.29 is 14.0 Å². The molecular weight excluding hydrogens is 359 g/mol. The van der Waals surface area contributed by atoms with Crippen LogP contribution in [0.25, 0.3) is 0 Å². The minimum atomic E-state index is -1.15. The van der Waals surface area contributed by atoms with Crippen molar-refractivity contribution in [2.75, 3.05) is 31.1 Å². The Balaban J connectivity index is 1.55. The second-order valence-corrected chi connectivity index (χ2v) is 7.42. The van der Waals surface area contributed by atoms with Gasteiger partial charge in [-0.2, -0.15) is 0 Å². The van der Waals surface area contributed by atoms with Gasteiger partial charge in [0.1, 0.15) is 11.2 Å². The molecule has 0 aliphatic carbocycles. The summed E-state index contributed by atoms with van der Waals surface area (Å²) in [7, 11) is 0. The van der Waals surface area contributed by atoms with E-state index < -0.39 is 5.41 Å². The van der Waals surface area contributed by atoms with Gasteiger partial charge in [0.15, 0.2) is 0 Å². The van der Waals surface area contributed by atoms with E-state index in [9.17, 15) is 14.0 Å². The Hall–Kier alpha value is -2.96. The van der Waals surface area contributed by atoms with Gasteiger partial charge in [-0.05, 0) is 49.7 Å². The highest BCUT2D eigenvalue weighted by Crippen LogP contribution is 2.23. The predicted molar refractivity (Wildman–Crippen MR) is 105 cm³/mol. The van der Waals surface area contributed by atoms with Gasteiger partial charge in [-0.3, -0.25) is 14.6 Å². The first-order valence-corrected chi connectivity index (χ1v) is 9.35. The van der Waals surface area contributed by atoms with Gasteiger partial charge >= 0.3 is 0 Å². The van der Waals surface area contributed by atoms with Gasteiger partial charge < -0.3 is 15.1 Å². The second-order valence-electron chi connectivity index (χ2n) is 7.42. The third kappa shape index (κ3) is 4.47. The number of nitrogens with zero attached hydrogens (tertiary/aromatic N) is 3. The number of hydrogen-bond acceptors (Lipinski definition) is 4. The molecule has 0 spiro atoms. The van der Waals surface area contributed by atoms with E-state index in [1.807, 2.05) is 6.07 Å². The summed E-state index contributed by atoms with van der Waals surface area (Å²) in [6.07, 6.45) is 3.36. The lowest BCUT2D eigenvalue weighted by atomic mass is 9.90. The Bertz CT molecular complexity index is 816. The lowest BCUT2D eigenvalue weighted by Gasteiger charge is -2.39. The molecule has 0 radical (unpaired) electrons. The maximum atomic E-state index is 13.1. The third-order valence-corrected chi connectivity index (χ3v) is 5.04. The van der Waals surface area contributed by atoms with Gasteiger partial charge in [-0.15, -0.1) is 0 Å². The van der Waals surface area contributed by atoms with E-state index in [4.69, 9.17) is 0 Å². The molecule has 148 valence electrons. The molecule has 2 amide bonds. The second kappa shape index (κ2) is 8.37. The molecule has 7 heteroatoms. The number of anilines is 1. The number of hydrogen-bond donors (Lipinski definition) is 1. The van der Waals surface area contributed by atoms with Gasteiger partial charge in [0.25, 0.3) is 0 Å². The summed E-state index contributed by atoms with van der Waals surface area (Å²) in [5.41, 5.74) is 0.661. The number of aromatic nitrogens is 1. The van der Waals surface area contributed by atoms with Crippen LogP contribution in [0.5, 0.6) is 0 Å². The summed E-state index contributed by atoms with van der Waals surface area (Å²) in [5.74, 6) is -0.756. The van der Waals surface area contributed by atoms with Gasteiger partial charge in [0.05, 0.1) is 0 Å². The van der Waals surface area contributed by atoms with Crippen LogP contribution in [0, 0.1) is 11.2 Å². The van der Waals surface area contributed by atoms with Crippen molar-refractivity contribution in [1.29, 1.82) is 0 Å². The van der Waals surface area contributed by atoms with E-state index in [-0.39, 0.29) is 17.6 Å². The Kier molecular flexibility index (Phi) is 5.92. The number of halogens is 1. The lowest BCUT2D eigenvalue weighted by molar-refractivity contribution is -0.148. The van der Waals surface area contributed by atoms with Crippen molar-refractivity contribution in [3.8, 4) is 0 Å². The maximum Gasteiger partial charge on any atom is 0.237 e. The number of carbonyl (C=O) groups is 2. The van der Waals surface area contributed by atoms with E-state index in [0.717, 1.165) is 11.3 Å². The van der Waals surface area contributed by atoms with Crippen molar-refractivity contribution >= 4 is 17.5 Å². The van der Waals surface area contributed by atoms with Crippen LogP contribution in [0.4, 0.5) is 10.1 Å². The number of amides is 2. The minimum absolute atomic E-state index is 0.185. The SMILES string of the molecule is CC(C)(C(=O)NCc1cccnc1)C(=O)N1CCN(c2ccc(F)cc2)CC1. The van der Waals surface area contributed by atoms with Gasteiger partial charge in [0.2, 0.25) is 11.8 Å². The number of nitrogens with one attached hydrogen (secondary N) is 1. The maximum absolute atomic E-state index is 13.1. The summed E-state index contributed by atoms with van der Waals surface area (Å²) in [5, 5.41) is 2.83. The Morgan fingerprint density at radius 2 is 1.79 bits per heavy atom. The first-order valence-electron chi connectivity index (χ1n) is 9.35. The molecule has 0 saturated carbocycles. The molecule has 1 N–H and O–H groups in total. The largest absolute Gasteiger partial charge is 0.368 e. The van der Waals surface area contributed by atoms with E-state index in [1.54, 1.807) is 49.3 Å². The number of piperazine rings is 1. The summed E-state index contributed by atoms with van der Waals surface area (Å²) < 4.78 is 13.1. The molecule has 1 aliphatic heterocycles. The summed E-state index contributed by atoms with van der Waals surface area (Å²) in [6.45, 7) is 5.98. The van der Waals surface area contributed by atoms with Crippen LogP contribution < -0.4 is 10.2 Å². The third-order valence-electron chi connectivity index (χ3n) is 5.04. The van der Waals surface area contributed by atoms with Crippen molar-refractivity contribution in [1.82, 2.24) is 15.2 Å². The molecule has 28 heavy (non-hydrogen) atoms. The zero-order valence-electron chi connectivity index (χ0n) is 16.2. The van der Waals surface area contributed by atoms with Gasteiger partial charge in [0, 0.05) is 50.8 Å². The standard InChI is InChI=1S/C21H25FN4O2/c1-21(2,19(27)24-15-16-4-3-9-23-14-16)20(28)26-12-10-25(11-13-26)18-7-5-17(22)6-8-18/h3-9,14H,10-13,15H2,1-2H3,(H,24,27). The first-order chi connectivity index (χ1) is 13.4. The predicted octanol–water partition coefficient (Wildman–Crippen LogP) is 2.21. The normalized spacial score (nSPS) is 14.7. The average Bonchev–Trinajstić information content (AvgIpc) is 2.73. The molecular formula is C21H25FN4O2. The van der Waals surface area contributed by atoms with Crippen LogP contribution in [0.2, 0.25) is 0 Å². The molecule has 0 bridgehead atoms. The topological polar surface area (TPSA) is 65.5 Å². The molecule has 0 unspecified atom stereocenters. The first kappa shape index (κ1) is 19.8. The molecule has 2 aromatic rings. The van der Waals surface area contributed by atoms with Crippen LogP contribution >= 0.6 is 0 Å². The van der Waals surface area contributed by atoms with Gasteiger partial charge in [-0.1, -0.05) is 6.07 Å². The lowest BCUT2D eigenvalue weighted by Crippen LogP contribution is -2.55. The van der Waals surface area contributed by atoms with Gasteiger partial charge in [-0.25, -0.2) is 4.39 Å². The fourth-order valence-corrected chi connectivity index (χ4v) is 3.22. The Morgan fingerprint density at radius 1 is 1.11 bits per heavy atom. The van der Waals surface area contributed by atoms with Crippen molar-refractivity contribution in [2.45, 2.75) is 20.4 Å². The molecule has 1 aromatic heterocycles. The van der Waals surface area contributed by atoms with Crippen molar-refractivity contribution in [2.24, 2.45) is 5.41 Å². The van der Waals surface area contributed by atoms with Crippen LogP contribution in [0.1, 0.15) is 19.4 Å². The molecule has 0 atom stereocenters. The zero-order valence-corrected chi connectivity index (χ0v) is 16.2. The highest BCUT2D eigenvalue weighted by molar-refractivity contribution is 6.04. The molecule has 2 heterocycles. The Morgan fingerprint density at radius 3 is 2.39 bits per heavy atom. The summed E-state index contributed by atoms with van der Waals surface area (Å²) in [4.78, 5) is 33.4. The van der Waals surface area contributed by atoms with Crippen LogP contribution in [0.3, 0.4) is 0 Å². The molecule has 1 aliphatic rings. The minimum Gasteiger partial charge on any atom is -0.368 e. The fraction of sp³-hybridized carbons (Fsp3) is 0.381. The Labute approximate surface area is 164 Å². The van der Waals surface area contributed by atoms with E-state index in [0.29, 0.717) is 32.7 Å². The average molecular weight is 384 g/mol. The highest BCUT2D eigenvalue weighted by Gasteiger charge is 2.39. The molecule has 1 aromatic carbocycles. The van der Waals surface area contributed by atoms with Crippen LogP contribution in [-0.4, -0.2) is 47.9 Å². The summed E-state index contributed by atoms with van der Waals surface area (Å²) >= 11 is 0. The summed E-state index contributed by atoms with van der Waals surface area (Å²) in [6, 6.07) is 10.0. The van der Waals surface area contributed by atoms with Crippen molar-refractivity contribution in [3.63, 3.8) is 0 Å². The number of pyridine rings is 1. The van der Waals surface area contributed by atoms with E-state index >= 15 is 0 Å². The molecule has 1 fully saturated rings. The number of carbonyl (C=O) groups excluding carboxylic acids is 2. The molecule has 1 saturated heterocycles. The number of benzene rings is 1. The fourth-order valence-electron chi connectivity index (χ4n) is 3.22. The highest BCUT2D eigenvalue weighted by atomic mass is 19.1. The molecule has 6 nitrogen and oxygen atoms in total. The smallest absolute Gasteiger partial charge is 0.237 e. The van der Waals surface area contributed by atoms with Crippen LogP contribution in [-0.2, 0) is 16.1 Å². The van der Waals surface area contributed by atoms with E-state index in [1.165, 1.54) is 12.1 Å². The van der Waals surface area contributed by atoms with Crippen molar-refractivity contribution in [3.05, 3.63) is 60.2 Å². The quantitative estimate of drug-likeness (QED) is 0.803. The number of rotatable bonds is 5. The van der Waals surface area contributed by atoms with E-state index in [2.05, 4.69) is 15.2 Å².